The lowest BCUT2D eigenvalue weighted by atomic mass is 10.0. The second kappa shape index (κ2) is 11.1. The van der Waals surface area contributed by atoms with Crippen LogP contribution in [-0.2, 0) is 11.3 Å². The Morgan fingerprint density at radius 2 is 1.65 bits per heavy atom. The molecular formula is C31H35N3O3. The maximum absolute atomic E-state index is 13.0. The lowest BCUT2D eigenvalue weighted by Crippen LogP contribution is -2.24. The molecule has 1 aromatic heterocycles. The standard InChI is InChI=1S/C31H35N3O3/c1-4-36-26-16-12-25(13-17-26)34-21-24(20-30(34)35)31-32-28-8-5-6-9-29(28)33(31)18-7-19-37-27-14-10-23(11-15-27)22(2)3/h5-6,8-17,22,24H,4,7,18-21H2,1-3H3. The Morgan fingerprint density at radius 1 is 0.946 bits per heavy atom. The van der Waals surface area contributed by atoms with Crippen molar-refractivity contribution >= 4 is 22.6 Å². The largest absolute Gasteiger partial charge is 0.494 e. The molecule has 37 heavy (non-hydrogen) atoms. The van der Waals surface area contributed by atoms with E-state index in [2.05, 4.69) is 36.6 Å². The zero-order valence-electron chi connectivity index (χ0n) is 21.9. The molecule has 0 spiro atoms. The Bertz CT molecular complexity index is 1340. The Balaban J connectivity index is 1.29. The summed E-state index contributed by atoms with van der Waals surface area (Å²) in [6, 6.07) is 24.3. The van der Waals surface area contributed by atoms with Gasteiger partial charge in [-0.05, 0) is 73.4 Å². The highest BCUT2D eigenvalue weighted by Gasteiger charge is 2.34. The molecule has 0 saturated carbocycles. The van der Waals surface area contributed by atoms with Crippen molar-refractivity contribution in [2.75, 3.05) is 24.7 Å². The topological polar surface area (TPSA) is 56.6 Å². The fourth-order valence-electron chi connectivity index (χ4n) is 5.02. The first-order valence-corrected chi connectivity index (χ1v) is 13.2. The number of imidazole rings is 1. The van der Waals surface area contributed by atoms with Crippen molar-refractivity contribution in [2.24, 2.45) is 0 Å². The molecule has 5 rings (SSSR count). The summed E-state index contributed by atoms with van der Waals surface area (Å²) < 4.78 is 13.9. The van der Waals surface area contributed by atoms with Gasteiger partial charge in [0.25, 0.3) is 0 Å². The fraction of sp³-hybridized carbons (Fsp3) is 0.355. The van der Waals surface area contributed by atoms with Crippen LogP contribution in [0.25, 0.3) is 11.0 Å². The van der Waals surface area contributed by atoms with E-state index >= 15 is 0 Å². The third kappa shape index (κ3) is 5.48. The number of carbonyl (C=O) groups is 1. The number of fused-ring (bicyclic) bond motifs is 1. The van der Waals surface area contributed by atoms with Crippen LogP contribution < -0.4 is 14.4 Å². The summed E-state index contributed by atoms with van der Waals surface area (Å²) in [5.41, 5.74) is 4.28. The Hall–Kier alpha value is -3.80. The minimum Gasteiger partial charge on any atom is -0.494 e. The summed E-state index contributed by atoms with van der Waals surface area (Å²) in [7, 11) is 0. The molecule has 0 N–H and O–H groups in total. The molecule has 1 amide bonds. The van der Waals surface area contributed by atoms with Crippen LogP contribution in [0.2, 0.25) is 0 Å². The number of hydrogen-bond acceptors (Lipinski definition) is 4. The number of para-hydroxylation sites is 2. The third-order valence-electron chi connectivity index (χ3n) is 6.98. The maximum atomic E-state index is 13.0. The lowest BCUT2D eigenvalue weighted by molar-refractivity contribution is -0.117. The summed E-state index contributed by atoms with van der Waals surface area (Å²) >= 11 is 0. The van der Waals surface area contributed by atoms with Crippen LogP contribution in [0.4, 0.5) is 5.69 Å². The number of anilines is 1. The van der Waals surface area contributed by atoms with Gasteiger partial charge in [-0.2, -0.15) is 0 Å². The van der Waals surface area contributed by atoms with Crippen molar-refractivity contribution in [3.05, 3.63) is 84.2 Å². The average Bonchev–Trinajstić information content (AvgIpc) is 3.48. The highest BCUT2D eigenvalue weighted by molar-refractivity contribution is 5.96. The molecule has 2 heterocycles. The molecule has 1 aliphatic rings. The van der Waals surface area contributed by atoms with Crippen LogP contribution in [0.3, 0.4) is 0 Å². The molecule has 1 atom stereocenters. The number of benzene rings is 3. The second-order valence-corrected chi connectivity index (χ2v) is 9.87. The summed E-state index contributed by atoms with van der Waals surface area (Å²) in [5, 5.41) is 0. The smallest absolute Gasteiger partial charge is 0.227 e. The predicted octanol–water partition coefficient (Wildman–Crippen LogP) is 6.55. The average molecular weight is 498 g/mol. The minimum absolute atomic E-state index is 0.0379. The van der Waals surface area contributed by atoms with Crippen molar-refractivity contribution < 1.29 is 14.3 Å². The molecule has 6 nitrogen and oxygen atoms in total. The van der Waals surface area contributed by atoms with Gasteiger partial charge in [0.2, 0.25) is 5.91 Å². The summed E-state index contributed by atoms with van der Waals surface area (Å²) in [6.45, 7) is 8.99. The van der Waals surface area contributed by atoms with Crippen LogP contribution in [0, 0.1) is 0 Å². The molecule has 4 aromatic rings. The van der Waals surface area contributed by atoms with E-state index in [-0.39, 0.29) is 11.8 Å². The van der Waals surface area contributed by atoms with E-state index in [1.807, 2.05) is 66.4 Å². The summed E-state index contributed by atoms with van der Waals surface area (Å²) in [6.07, 6.45) is 1.30. The van der Waals surface area contributed by atoms with E-state index in [0.29, 0.717) is 32.1 Å². The van der Waals surface area contributed by atoms with Gasteiger partial charge < -0.3 is 18.9 Å². The van der Waals surface area contributed by atoms with Crippen LogP contribution in [0.5, 0.6) is 11.5 Å². The van der Waals surface area contributed by atoms with E-state index < -0.39 is 0 Å². The molecule has 192 valence electrons. The molecule has 1 saturated heterocycles. The molecule has 0 bridgehead atoms. The fourth-order valence-corrected chi connectivity index (χ4v) is 5.02. The van der Waals surface area contributed by atoms with E-state index in [0.717, 1.165) is 47.0 Å². The van der Waals surface area contributed by atoms with Gasteiger partial charge in [-0.3, -0.25) is 4.79 Å². The van der Waals surface area contributed by atoms with Crippen molar-refractivity contribution in [1.82, 2.24) is 9.55 Å². The first-order valence-electron chi connectivity index (χ1n) is 13.2. The maximum Gasteiger partial charge on any atom is 0.227 e. The number of amides is 1. The molecular weight excluding hydrogens is 462 g/mol. The molecule has 6 heteroatoms. The zero-order chi connectivity index (χ0) is 25.8. The monoisotopic (exact) mass is 497 g/mol. The summed E-state index contributed by atoms with van der Waals surface area (Å²) in [5.74, 6) is 3.36. The van der Waals surface area contributed by atoms with E-state index in [1.165, 1.54) is 5.56 Å². The van der Waals surface area contributed by atoms with Crippen LogP contribution >= 0.6 is 0 Å². The Morgan fingerprint density at radius 3 is 2.38 bits per heavy atom. The minimum atomic E-state index is 0.0379. The van der Waals surface area contributed by atoms with Crippen molar-refractivity contribution in [2.45, 2.75) is 52.0 Å². The van der Waals surface area contributed by atoms with Gasteiger partial charge in [-0.1, -0.05) is 38.1 Å². The second-order valence-electron chi connectivity index (χ2n) is 9.87. The number of aromatic nitrogens is 2. The van der Waals surface area contributed by atoms with Crippen LogP contribution in [-0.4, -0.2) is 35.2 Å². The summed E-state index contributed by atoms with van der Waals surface area (Å²) in [4.78, 5) is 19.9. The molecule has 1 unspecified atom stereocenters. The normalized spacial score (nSPS) is 15.6. The molecule has 0 aliphatic carbocycles. The Labute approximate surface area is 218 Å². The molecule has 1 fully saturated rings. The van der Waals surface area contributed by atoms with E-state index in [9.17, 15) is 4.79 Å². The third-order valence-corrected chi connectivity index (χ3v) is 6.98. The molecule has 3 aromatic carbocycles. The first kappa shape index (κ1) is 24.9. The Kier molecular flexibility index (Phi) is 7.45. The zero-order valence-corrected chi connectivity index (χ0v) is 21.9. The quantitative estimate of drug-likeness (QED) is 0.233. The highest BCUT2D eigenvalue weighted by atomic mass is 16.5. The highest BCUT2D eigenvalue weighted by Crippen LogP contribution is 2.34. The van der Waals surface area contributed by atoms with Gasteiger partial charge in [-0.25, -0.2) is 4.98 Å². The van der Waals surface area contributed by atoms with Gasteiger partial charge in [-0.15, -0.1) is 0 Å². The molecule has 1 aliphatic heterocycles. The van der Waals surface area contributed by atoms with Gasteiger partial charge in [0.1, 0.15) is 17.3 Å². The number of nitrogens with zero attached hydrogens (tertiary/aromatic N) is 3. The van der Waals surface area contributed by atoms with Gasteiger partial charge >= 0.3 is 0 Å². The van der Waals surface area contributed by atoms with E-state index in [1.54, 1.807) is 0 Å². The van der Waals surface area contributed by atoms with Crippen molar-refractivity contribution in [1.29, 1.82) is 0 Å². The SMILES string of the molecule is CCOc1ccc(N2CC(c3nc4ccccc4n3CCCOc3ccc(C(C)C)cc3)CC2=O)cc1. The van der Waals surface area contributed by atoms with E-state index in [4.69, 9.17) is 14.5 Å². The van der Waals surface area contributed by atoms with Crippen molar-refractivity contribution in [3.8, 4) is 11.5 Å². The number of ether oxygens (including phenoxy) is 2. The number of carbonyl (C=O) groups excluding carboxylic acids is 1. The number of hydrogen-bond donors (Lipinski definition) is 0. The van der Waals surface area contributed by atoms with Crippen LogP contribution in [0.1, 0.15) is 56.8 Å². The van der Waals surface area contributed by atoms with Crippen molar-refractivity contribution in [3.63, 3.8) is 0 Å². The van der Waals surface area contributed by atoms with Gasteiger partial charge in [0.05, 0.1) is 24.2 Å². The van der Waals surface area contributed by atoms with Crippen LogP contribution in [0.15, 0.2) is 72.8 Å². The lowest BCUT2D eigenvalue weighted by Gasteiger charge is -2.18. The first-order chi connectivity index (χ1) is 18.0. The number of rotatable bonds is 10. The number of aryl methyl sites for hydroxylation is 1. The predicted molar refractivity (Wildman–Crippen MR) is 148 cm³/mol. The van der Waals surface area contributed by atoms with Gasteiger partial charge in [0, 0.05) is 31.1 Å². The van der Waals surface area contributed by atoms with Gasteiger partial charge in [0.15, 0.2) is 0 Å². The molecule has 0 radical (unpaired) electrons.